The predicted molar refractivity (Wildman–Crippen MR) is 95.7 cm³/mol. The quantitative estimate of drug-likeness (QED) is 0.654. The molecule has 0 saturated carbocycles. The molecule has 0 aliphatic rings. The molecule has 1 aromatic heterocycles. The Hall–Kier alpha value is -3.48. The number of hydrazine groups is 1. The molecule has 0 aliphatic carbocycles. The number of aliphatic carboxylic acids is 1. The molecule has 2 N–H and O–H groups in total. The molecule has 3 aromatic rings. The van der Waals surface area contributed by atoms with Gasteiger partial charge in [0.2, 0.25) is 11.9 Å². The van der Waals surface area contributed by atoms with Gasteiger partial charge in [0.15, 0.2) is 0 Å². The van der Waals surface area contributed by atoms with Crippen molar-refractivity contribution in [2.45, 2.75) is 19.8 Å². The summed E-state index contributed by atoms with van der Waals surface area (Å²) in [5.41, 5.74) is 8.55. The highest BCUT2D eigenvalue weighted by atomic mass is 16.4. The van der Waals surface area contributed by atoms with Crippen molar-refractivity contribution in [3.8, 4) is 11.3 Å². The summed E-state index contributed by atoms with van der Waals surface area (Å²) in [7, 11) is 0. The van der Waals surface area contributed by atoms with Crippen molar-refractivity contribution in [3.63, 3.8) is 0 Å². The number of benzene rings is 2. The van der Waals surface area contributed by atoms with Gasteiger partial charge in [-0.2, -0.15) is 0 Å². The molecule has 0 atom stereocenters. The summed E-state index contributed by atoms with van der Waals surface area (Å²) in [6.07, 6.45) is -0.533. The topological polar surface area (TPSA) is 107 Å². The van der Waals surface area contributed by atoms with Crippen molar-refractivity contribution in [1.29, 1.82) is 0 Å². The van der Waals surface area contributed by atoms with Crippen molar-refractivity contribution in [1.82, 2.24) is 15.4 Å². The van der Waals surface area contributed by atoms with Crippen LogP contribution in [-0.2, 0) is 9.59 Å². The normalized spacial score (nSPS) is 10.5. The highest BCUT2D eigenvalue weighted by Crippen LogP contribution is 2.27. The van der Waals surface area contributed by atoms with Crippen molar-refractivity contribution >= 4 is 28.7 Å². The summed E-state index contributed by atoms with van der Waals surface area (Å²) in [6.45, 7) is 2.00. The molecule has 7 heteroatoms. The van der Waals surface area contributed by atoms with Crippen molar-refractivity contribution in [2.24, 2.45) is 0 Å². The van der Waals surface area contributed by atoms with Crippen LogP contribution in [0.5, 0.6) is 0 Å². The summed E-state index contributed by atoms with van der Waals surface area (Å²) in [6, 6.07) is 15.5. The van der Waals surface area contributed by atoms with Crippen molar-refractivity contribution < 1.29 is 14.7 Å². The largest absolute Gasteiger partial charge is 0.550 e. The average Bonchev–Trinajstić information content (AvgIpc) is 2.65. The molecule has 0 spiro atoms. The molecule has 3 rings (SSSR count). The lowest BCUT2D eigenvalue weighted by Crippen LogP contribution is -2.32. The lowest BCUT2D eigenvalue weighted by Gasteiger charge is -2.12. The molecule has 0 unspecified atom stereocenters. The fourth-order valence-electron chi connectivity index (χ4n) is 2.52. The van der Waals surface area contributed by atoms with E-state index in [0.717, 1.165) is 27.7 Å². The highest BCUT2D eigenvalue weighted by molar-refractivity contribution is 5.93. The van der Waals surface area contributed by atoms with E-state index in [-0.39, 0.29) is 18.8 Å². The van der Waals surface area contributed by atoms with Gasteiger partial charge in [-0.05, 0) is 25.5 Å². The number of carboxylic acid groups (broad SMARTS) is 1. The van der Waals surface area contributed by atoms with E-state index in [9.17, 15) is 14.7 Å². The standard InChI is InChI=1S/C19H18N4O3/c1-12-7-8-15-14(11-12)18(13-5-3-2-4-6-13)21-19(20-15)23-22-16(24)9-10-17(25)26/h2-8,11H,9-10H2,1H3,(H,22,24)(H,25,26)(H,20,21,23)/p-1. The van der Waals surface area contributed by atoms with Crippen LogP contribution in [0.15, 0.2) is 48.5 Å². The van der Waals surface area contributed by atoms with E-state index in [1.54, 1.807) is 0 Å². The van der Waals surface area contributed by atoms with Gasteiger partial charge < -0.3 is 9.90 Å². The maximum Gasteiger partial charge on any atom is 0.242 e. The molecule has 2 aromatic carbocycles. The second kappa shape index (κ2) is 7.60. The third-order valence-corrected chi connectivity index (χ3v) is 3.77. The van der Waals surface area contributed by atoms with Gasteiger partial charge in [-0.25, -0.2) is 9.97 Å². The van der Waals surface area contributed by atoms with Gasteiger partial charge in [-0.3, -0.25) is 15.6 Å². The minimum absolute atomic E-state index is 0.187. The lowest BCUT2D eigenvalue weighted by molar-refractivity contribution is -0.305. The molecular formula is C19H17N4O3-. The first kappa shape index (κ1) is 17.3. The molecular weight excluding hydrogens is 332 g/mol. The number of aromatic nitrogens is 2. The van der Waals surface area contributed by atoms with Gasteiger partial charge in [-0.15, -0.1) is 0 Å². The molecule has 0 radical (unpaired) electrons. The maximum absolute atomic E-state index is 11.7. The Balaban J connectivity index is 1.91. The number of hydrogen-bond acceptors (Lipinski definition) is 6. The van der Waals surface area contributed by atoms with Crippen molar-refractivity contribution in [2.75, 3.05) is 5.43 Å². The maximum atomic E-state index is 11.7. The zero-order valence-electron chi connectivity index (χ0n) is 14.2. The summed E-state index contributed by atoms with van der Waals surface area (Å²) in [5.74, 6) is -1.53. The van der Waals surface area contributed by atoms with Gasteiger partial charge in [0, 0.05) is 23.3 Å². The summed E-state index contributed by atoms with van der Waals surface area (Å²) >= 11 is 0. The number of carbonyl (C=O) groups is 2. The van der Waals surface area contributed by atoms with Gasteiger partial charge in [-0.1, -0.05) is 42.0 Å². The van der Waals surface area contributed by atoms with Crippen molar-refractivity contribution in [3.05, 3.63) is 54.1 Å². The van der Waals surface area contributed by atoms with E-state index in [0.29, 0.717) is 0 Å². The molecule has 1 heterocycles. The summed E-state index contributed by atoms with van der Waals surface area (Å²) in [5, 5.41) is 11.3. The Kier molecular flexibility index (Phi) is 5.07. The first-order valence-electron chi connectivity index (χ1n) is 8.11. The molecule has 132 valence electrons. The number of hydrogen-bond donors (Lipinski definition) is 2. The zero-order valence-corrected chi connectivity index (χ0v) is 14.2. The van der Waals surface area contributed by atoms with E-state index >= 15 is 0 Å². The number of carbonyl (C=O) groups excluding carboxylic acids is 2. The van der Waals surface area contributed by atoms with E-state index in [1.807, 2.05) is 55.5 Å². The monoisotopic (exact) mass is 349 g/mol. The highest BCUT2D eigenvalue weighted by Gasteiger charge is 2.11. The first-order valence-corrected chi connectivity index (χ1v) is 8.11. The van der Waals surface area contributed by atoms with Crippen LogP contribution in [0.25, 0.3) is 22.2 Å². The van der Waals surface area contributed by atoms with Crippen LogP contribution in [0.4, 0.5) is 5.95 Å². The Morgan fingerprint density at radius 3 is 2.54 bits per heavy atom. The third-order valence-electron chi connectivity index (χ3n) is 3.77. The second-order valence-corrected chi connectivity index (χ2v) is 5.83. The molecule has 26 heavy (non-hydrogen) atoms. The SMILES string of the molecule is Cc1ccc2nc(NNC(=O)CCC(=O)[O-])nc(-c3ccccc3)c2c1. The average molecular weight is 349 g/mol. The van der Waals surface area contributed by atoms with Crippen LogP contribution in [0.1, 0.15) is 18.4 Å². The Morgan fingerprint density at radius 1 is 1.04 bits per heavy atom. The van der Waals surface area contributed by atoms with Crippen LogP contribution in [-0.4, -0.2) is 21.8 Å². The Labute approximate surface area is 150 Å². The number of nitrogens with one attached hydrogen (secondary N) is 2. The number of nitrogens with zero attached hydrogens (tertiary/aromatic N) is 2. The Bertz CT molecular complexity index is 958. The van der Waals surface area contributed by atoms with E-state index in [1.165, 1.54) is 0 Å². The smallest absolute Gasteiger partial charge is 0.242 e. The van der Waals surface area contributed by atoms with Crippen LogP contribution >= 0.6 is 0 Å². The van der Waals surface area contributed by atoms with E-state index < -0.39 is 11.9 Å². The van der Waals surface area contributed by atoms with Gasteiger partial charge in [0.1, 0.15) is 0 Å². The van der Waals surface area contributed by atoms with Gasteiger partial charge in [0.25, 0.3) is 0 Å². The number of fused-ring (bicyclic) bond motifs is 1. The van der Waals surface area contributed by atoms with E-state index in [4.69, 9.17) is 0 Å². The molecule has 0 saturated heterocycles. The first-order chi connectivity index (χ1) is 12.5. The number of carboxylic acids is 1. The van der Waals surface area contributed by atoms with Gasteiger partial charge in [0.05, 0.1) is 11.2 Å². The van der Waals surface area contributed by atoms with E-state index in [2.05, 4.69) is 20.8 Å². The molecule has 0 fully saturated rings. The Morgan fingerprint density at radius 2 is 1.81 bits per heavy atom. The molecule has 0 bridgehead atoms. The summed E-state index contributed by atoms with van der Waals surface area (Å²) < 4.78 is 0. The molecule has 0 aliphatic heterocycles. The van der Waals surface area contributed by atoms with Crippen LogP contribution in [0.3, 0.4) is 0 Å². The van der Waals surface area contributed by atoms with Crippen LogP contribution in [0, 0.1) is 6.92 Å². The minimum atomic E-state index is -1.27. The number of anilines is 1. The summed E-state index contributed by atoms with van der Waals surface area (Å²) in [4.78, 5) is 31.0. The molecule has 1 amide bonds. The second-order valence-electron chi connectivity index (χ2n) is 5.83. The number of amides is 1. The van der Waals surface area contributed by atoms with Crippen LogP contribution < -0.4 is 16.0 Å². The zero-order chi connectivity index (χ0) is 18.5. The van der Waals surface area contributed by atoms with Crippen LogP contribution in [0.2, 0.25) is 0 Å². The minimum Gasteiger partial charge on any atom is -0.550 e. The predicted octanol–water partition coefficient (Wildman–Crippen LogP) is 1.58. The fourth-order valence-corrected chi connectivity index (χ4v) is 2.52. The number of rotatable bonds is 6. The van der Waals surface area contributed by atoms with Gasteiger partial charge >= 0.3 is 0 Å². The third kappa shape index (κ3) is 4.13. The molecule has 7 nitrogen and oxygen atoms in total. The lowest BCUT2D eigenvalue weighted by atomic mass is 10.0. The fraction of sp³-hybridized carbons (Fsp3) is 0.158. The number of aryl methyl sites for hydroxylation is 1.